The molecule has 27 heavy (non-hydrogen) atoms. The lowest BCUT2D eigenvalue weighted by Crippen LogP contribution is -2.43. The number of hydrogen-bond donors (Lipinski definition) is 1. The van der Waals surface area contributed by atoms with Gasteiger partial charge in [-0.2, -0.15) is 5.10 Å². The molecule has 1 aromatic carbocycles. The SMILES string of the molecule is Cn1nccc1C1=CCN(C(=O)N[C@@H]2CCc3cc(F)c(F)c(F)c32)CC1. The van der Waals surface area contributed by atoms with Crippen LogP contribution < -0.4 is 5.32 Å². The molecule has 0 unspecified atom stereocenters. The largest absolute Gasteiger partial charge is 0.331 e. The van der Waals surface area contributed by atoms with Crippen molar-refractivity contribution in [2.75, 3.05) is 13.1 Å². The van der Waals surface area contributed by atoms with Crippen LogP contribution in [0.3, 0.4) is 0 Å². The molecule has 8 heteroatoms. The molecule has 1 aliphatic carbocycles. The summed E-state index contributed by atoms with van der Waals surface area (Å²) in [5.74, 6) is -3.89. The molecular weight excluding hydrogens is 357 g/mol. The molecule has 1 N–H and O–H groups in total. The Labute approximate surface area is 154 Å². The summed E-state index contributed by atoms with van der Waals surface area (Å²) in [6, 6.07) is 1.96. The monoisotopic (exact) mass is 376 g/mol. The smallest absolute Gasteiger partial charge is 0.318 e. The summed E-state index contributed by atoms with van der Waals surface area (Å²) in [6.07, 6.45) is 5.20. The number of carbonyl (C=O) groups excluding carboxylic acids is 1. The van der Waals surface area contributed by atoms with Crippen LogP contribution in [0.5, 0.6) is 0 Å². The van der Waals surface area contributed by atoms with Gasteiger partial charge in [0.1, 0.15) is 0 Å². The zero-order valence-electron chi connectivity index (χ0n) is 14.8. The number of urea groups is 1. The minimum Gasteiger partial charge on any atom is -0.331 e. The van der Waals surface area contributed by atoms with Gasteiger partial charge in [0, 0.05) is 31.9 Å². The van der Waals surface area contributed by atoms with Gasteiger partial charge in [-0.1, -0.05) is 6.08 Å². The van der Waals surface area contributed by atoms with Gasteiger partial charge in [0.2, 0.25) is 0 Å². The standard InChI is InChI=1S/C19H19F3N4O/c1-25-15(4-7-23-25)11-5-8-26(9-6-11)19(27)24-14-3-2-12-10-13(20)17(21)18(22)16(12)14/h4-5,7,10,14H,2-3,6,8-9H2,1H3,(H,24,27)/t14-/m1/s1. The summed E-state index contributed by atoms with van der Waals surface area (Å²) in [7, 11) is 1.86. The van der Waals surface area contributed by atoms with Gasteiger partial charge < -0.3 is 10.2 Å². The van der Waals surface area contributed by atoms with Crippen LogP contribution in [0.15, 0.2) is 24.4 Å². The summed E-state index contributed by atoms with van der Waals surface area (Å²) < 4.78 is 42.9. The highest BCUT2D eigenvalue weighted by Gasteiger charge is 2.32. The minimum absolute atomic E-state index is 0.0605. The average Bonchev–Trinajstić information content (AvgIpc) is 3.26. The van der Waals surface area contributed by atoms with Crippen molar-refractivity contribution < 1.29 is 18.0 Å². The number of rotatable bonds is 2. The fourth-order valence-electron chi connectivity index (χ4n) is 3.85. The summed E-state index contributed by atoms with van der Waals surface area (Å²) in [4.78, 5) is 14.2. The number of carbonyl (C=O) groups is 1. The topological polar surface area (TPSA) is 50.2 Å². The first-order valence-corrected chi connectivity index (χ1v) is 8.85. The van der Waals surface area contributed by atoms with Crippen molar-refractivity contribution in [3.8, 4) is 0 Å². The highest BCUT2D eigenvalue weighted by Crippen LogP contribution is 2.35. The number of halogens is 3. The van der Waals surface area contributed by atoms with Gasteiger partial charge in [-0.15, -0.1) is 0 Å². The fraction of sp³-hybridized carbons (Fsp3) is 0.368. The van der Waals surface area contributed by atoms with Gasteiger partial charge in [0.15, 0.2) is 17.5 Å². The Morgan fingerprint density at radius 1 is 1.26 bits per heavy atom. The minimum atomic E-state index is -1.49. The molecule has 2 amide bonds. The highest BCUT2D eigenvalue weighted by atomic mass is 19.2. The molecule has 2 aliphatic rings. The normalized spacial score (nSPS) is 19.0. The maximum Gasteiger partial charge on any atom is 0.318 e. The van der Waals surface area contributed by atoms with Crippen LogP contribution in [0.25, 0.3) is 5.57 Å². The molecule has 0 spiro atoms. The number of nitrogens with one attached hydrogen (secondary N) is 1. The first-order chi connectivity index (χ1) is 13.0. The summed E-state index contributed by atoms with van der Waals surface area (Å²) in [5, 5.41) is 6.91. The predicted molar refractivity (Wildman–Crippen MR) is 93.3 cm³/mol. The van der Waals surface area contributed by atoms with Crippen molar-refractivity contribution in [3.63, 3.8) is 0 Å². The Hall–Kier alpha value is -2.77. The van der Waals surface area contributed by atoms with E-state index in [9.17, 15) is 18.0 Å². The third-order valence-corrected chi connectivity index (χ3v) is 5.28. The van der Waals surface area contributed by atoms with E-state index in [1.807, 2.05) is 19.2 Å². The van der Waals surface area contributed by atoms with Crippen LogP contribution >= 0.6 is 0 Å². The van der Waals surface area contributed by atoms with Crippen molar-refractivity contribution in [1.29, 1.82) is 0 Å². The molecule has 0 saturated carbocycles. The van der Waals surface area contributed by atoms with Crippen LogP contribution in [-0.2, 0) is 13.5 Å². The van der Waals surface area contributed by atoms with E-state index in [0.29, 0.717) is 37.9 Å². The van der Waals surface area contributed by atoms with Crippen LogP contribution in [0.4, 0.5) is 18.0 Å². The Morgan fingerprint density at radius 2 is 2.07 bits per heavy atom. The Balaban J connectivity index is 1.46. The van der Waals surface area contributed by atoms with E-state index in [-0.39, 0.29) is 11.6 Å². The molecule has 5 nitrogen and oxygen atoms in total. The van der Waals surface area contributed by atoms with E-state index in [2.05, 4.69) is 10.4 Å². The van der Waals surface area contributed by atoms with Crippen LogP contribution in [-0.4, -0.2) is 33.8 Å². The Bertz CT molecular complexity index is 937. The fourth-order valence-corrected chi connectivity index (χ4v) is 3.85. The van der Waals surface area contributed by atoms with Gasteiger partial charge >= 0.3 is 6.03 Å². The number of aromatic nitrogens is 2. The number of hydrogen-bond acceptors (Lipinski definition) is 2. The van der Waals surface area contributed by atoms with Crippen LogP contribution in [0, 0.1) is 17.5 Å². The highest BCUT2D eigenvalue weighted by molar-refractivity contribution is 5.77. The van der Waals surface area contributed by atoms with Crippen molar-refractivity contribution in [2.24, 2.45) is 7.05 Å². The van der Waals surface area contributed by atoms with Crippen molar-refractivity contribution in [2.45, 2.75) is 25.3 Å². The molecule has 0 bridgehead atoms. The van der Waals surface area contributed by atoms with E-state index in [1.165, 1.54) is 0 Å². The van der Waals surface area contributed by atoms with Gasteiger partial charge in [0.05, 0.1) is 11.7 Å². The second-order valence-electron chi connectivity index (χ2n) is 6.87. The van der Waals surface area contributed by atoms with E-state index in [1.54, 1.807) is 15.8 Å². The van der Waals surface area contributed by atoms with E-state index >= 15 is 0 Å². The van der Waals surface area contributed by atoms with Crippen molar-refractivity contribution >= 4 is 11.6 Å². The van der Waals surface area contributed by atoms with Gasteiger partial charge in [-0.05, 0) is 42.5 Å². The zero-order chi connectivity index (χ0) is 19.1. The number of aryl methyl sites for hydroxylation is 2. The van der Waals surface area contributed by atoms with E-state index < -0.39 is 23.5 Å². The molecule has 2 aromatic rings. The number of nitrogens with zero attached hydrogens (tertiary/aromatic N) is 3. The van der Waals surface area contributed by atoms with Gasteiger partial charge in [0.25, 0.3) is 0 Å². The maximum atomic E-state index is 14.2. The van der Waals surface area contributed by atoms with Crippen molar-refractivity contribution in [3.05, 3.63) is 58.7 Å². The zero-order valence-corrected chi connectivity index (χ0v) is 14.8. The quantitative estimate of drug-likeness (QED) is 0.818. The molecule has 1 aromatic heterocycles. The maximum absolute atomic E-state index is 14.2. The lowest BCUT2D eigenvalue weighted by atomic mass is 10.0. The van der Waals surface area contributed by atoms with Gasteiger partial charge in [-0.3, -0.25) is 4.68 Å². The van der Waals surface area contributed by atoms with Crippen LogP contribution in [0.1, 0.15) is 35.7 Å². The second-order valence-corrected chi connectivity index (χ2v) is 6.87. The first-order valence-electron chi connectivity index (χ1n) is 8.85. The molecule has 0 saturated heterocycles. The number of fused-ring (bicyclic) bond motifs is 1. The van der Waals surface area contributed by atoms with E-state index in [4.69, 9.17) is 0 Å². The van der Waals surface area contributed by atoms with Crippen molar-refractivity contribution in [1.82, 2.24) is 20.0 Å². The number of benzene rings is 1. The van der Waals surface area contributed by atoms with E-state index in [0.717, 1.165) is 17.3 Å². The van der Waals surface area contributed by atoms with Crippen LogP contribution in [0.2, 0.25) is 0 Å². The lowest BCUT2D eigenvalue weighted by molar-refractivity contribution is 0.198. The number of amides is 2. The predicted octanol–water partition coefficient (Wildman–Crippen LogP) is 3.32. The summed E-state index contributed by atoms with van der Waals surface area (Å²) in [6.45, 7) is 0.939. The first kappa shape index (κ1) is 17.6. The summed E-state index contributed by atoms with van der Waals surface area (Å²) >= 11 is 0. The molecule has 0 fully saturated rings. The second kappa shape index (κ2) is 6.75. The third kappa shape index (κ3) is 3.09. The summed E-state index contributed by atoms with van der Waals surface area (Å²) in [5.41, 5.74) is 2.60. The molecule has 4 rings (SSSR count). The van der Waals surface area contributed by atoms with Gasteiger partial charge in [-0.25, -0.2) is 18.0 Å². The Morgan fingerprint density at radius 3 is 2.74 bits per heavy atom. The molecule has 1 atom stereocenters. The molecule has 142 valence electrons. The molecule has 2 heterocycles. The third-order valence-electron chi connectivity index (χ3n) is 5.28. The molecular formula is C19H19F3N4O. The average molecular weight is 376 g/mol. The molecule has 0 radical (unpaired) electrons. The lowest BCUT2D eigenvalue weighted by Gasteiger charge is -2.28. The Kier molecular flexibility index (Phi) is 4.41. The molecule has 1 aliphatic heterocycles.